The minimum atomic E-state index is 0. The highest BCUT2D eigenvalue weighted by Crippen LogP contribution is 2.24. The topological polar surface area (TPSA) is 26.0 Å². The highest BCUT2D eigenvalue weighted by Gasteiger charge is 2.09. The lowest BCUT2D eigenvalue weighted by molar-refractivity contribution is 0.555. The van der Waals surface area contributed by atoms with Crippen molar-refractivity contribution >= 4 is 12.4 Å². The quantitative estimate of drug-likeness (QED) is 0.280. The Hall–Kier alpha value is -0.790. The van der Waals surface area contributed by atoms with Gasteiger partial charge in [0.05, 0.1) is 6.04 Å². The molecule has 0 heterocycles. The third-order valence-corrected chi connectivity index (χ3v) is 5.20. The Bertz CT molecular complexity index is 452. The van der Waals surface area contributed by atoms with Crippen LogP contribution in [0, 0.1) is 0 Å². The number of allylic oxidation sites excluding steroid dienone is 1. The van der Waals surface area contributed by atoms with Crippen LogP contribution in [0.2, 0.25) is 0 Å². The first-order chi connectivity index (χ1) is 11.7. The molecular formula is C23H40ClN. The number of benzene rings is 1. The lowest BCUT2D eigenvalue weighted by Gasteiger charge is -2.16. The molecule has 2 heteroatoms. The van der Waals surface area contributed by atoms with Crippen LogP contribution >= 0.6 is 12.4 Å². The van der Waals surface area contributed by atoms with Gasteiger partial charge in [-0.15, -0.1) is 12.4 Å². The van der Waals surface area contributed by atoms with E-state index in [1.54, 1.807) is 0 Å². The number of halogens is 1. The maximum absolute atomic E-state index is 6.40. The summed E-state index contributed by atoms with van der Waals surface area (Å²) in [6.07, 6.45) is 15.2. The Balaban J connectivity index is 0.00000576. The highest BCUT2D eigenvalue weighted by atomic mass is 35.5. The SMILES string of the molecule is CCCCCCCCCCCCC(C)=C(C)C(N)c1ccccc1.Cl. The average Bonchev–Trinajstić information content (AvgIpc) is 2.62. The molecule has 0 spiro atoms. The van der Waals surface area contributed by atoms with Crippen molar-refractivity contribution in [2.24, 2.45) is 5.73 Å². The van der Waals surface area contributed by atoms with Crippen LogP contribution in [0.4, 0.5) is 0 Å². The lowest BCUT2D eigenvalue weighted by Crippen LogP contribution is -2.12. The van der Waals surface area contributed by atoms with Gasteiger partial charge in [-0.2, -0.15) is 0 Å². The van der Waals surface area contributed by atoms with Crippen molar-refractivity contribution in [3.63, 3.8) is 0 Å². The maximum Gasteiger partial charge on any atom is 0.0510 e. The van der Waals surface area contributed by atoms with Gasteiger partial charge in [0.2, 0.25) is 0 Å². The molecule has 144 valence electrons. The Morgan fingerprint density at radius 3 is 1.80 bits per heavy atom. The van der Waals surface area contributed by atoms with Crippen molar-refractivity contribution in [3.05, 3.63) is 47.0 Å². The largest absolute Gasteiger partial charge is 0.321 e. The van der Waals surface area contributed by atoms with E-state index in [0.29, 0.717) is 0 Å². The van der Waals surface area contributed by atoms with Crippen LogP contribution in [0.1, 0.15) is 103 Å². The maximum atomic E-state index is 6.40. The Morgan fingerprint density at radius 1 is 0.800 bits per heavy atom. The van der Waals surface area contributed by atoms with Crippen molar-refractivity contribution in [2.45, 2.75) is 97.4 Å². The third-order valence-electron chi connectivity index (χ3n) is 5.20. The van der Waals surface area contributed by atoms with E-state index in [1.165, 1.54) is 87.3 Å². The zero-order chi connectivity index (χ0) is 17.6. The average molecular weight is 366 g/mol. The van der Waals surface area contributed by atoms with E-state index >= 15 is 0 Å². The summed E-state index contributed by atoms with van der Waals surface area (Å²) in [5, 5.41) is 0. The van der Waals surface area contributed by atoms with E-state index in [1.807, 2.05) is 6.07 Å². The molecule has 2 N–H and O–H groups in total. The van der Waals surface area contributed by atoms with Gasteiger partial charge in [-0.05, 0) is 32.3 Å². The predicted molar refractivity (Wildman–Crippen MR) is 115 cm³/mol. The summed E-state index contributed by atoms with van der Waals surface area (Å²) in [6.45, 7) is 6.74. The fourth-order valence-electron chi connectivity index (χ4n) is 3.25. The van der Waals surface area contributed by atoms with Crippen molar-refractivity contribution in [1.82, 2.24) is 0 Å². The van der Waals surface area contributed by atoms with E-state index in [4.69, 9.17) is 5.73 Å². The first-order valence-corrected chi connectivity index (χ1v) is 10.1. The minimum absolute atomic E-state index is 0. The summed E-state index contributed by atoms with van der Waals surface area (Å²) in [4.78, 5) is 0. The minimum Gasteiger partial charge on any atom is -0.321 e. The van der Waals surface area contributed by atoms with Crippen LogP contribution in [0.25, 0.3) is 0 Å². The Kier molecular flexibility index (Phi) is 15.0. The third kappa shape index (κ3) is 10.7. The molecule has 1 aromatic rings. The number of hydrogen-bond donors (Lipinski definition) is 1. The summed E-state index contributed by atoms with van der Waals surface area (Å²) in [6, 6.07) is 10.5. The number of hydrogen-bond acceptors (Lipinski definition) is 1. The summed E-state index contributed by atoms with van der Waals surface area (Å²) in [5.41, 5.74) is 10.4. The van der Waals surface area contributed by atoms with Gasteiger partial charge >= 0.3 is 0 Å². The van der Waals surface area contributed by atoms with Gasteiger partial charge in [0.1, 0.15) is 0 Å². The van der Waals surface area contributed by atoms with Crippen molar-refractivity contribution < 1.29 is 0 Å². The van der Waals surface area contributed by atoms with E-state index in [-0.39, 0.29) is 18.4 Å². The standard InChI is InChI=1S/C23H39N.ClH/c1-4-5-6-7-8-9-10-11-12-14-17-20(2)21(3)23(24)22-18-15-13-16-19-22;/h13,15-16,18-19,23H,4-12,14,17,24H2,1-3H3;1H. The van der Waals surface area contributed by atoms with Gasteiger partial charge in [0.25, 0.3) is 0 Å². The fraction of sp³-hybridized carbons (Fsp3) is 0.652. The molecule has 0 amide bonds. The molecule has 25 heavy (non-hydrogen) atoms. The molecule has 1 atom stereocenters. The summed E-state index contributed by atoms with van der Waals surface area (Å²) >= 11 is 0. The Morgan fingerprint density at radius 2 is 1.28 bits per heavy atom. The van der Waals surface area contributed by atoms with E-state index in [9.17, 15) is 0 Å². The zero-order valence-electron chi connectivity index (χ0n) is 16.7. The van der Waals surface area contributed by atoms with E-state index < -0.39 is 0 Å². The monoisotopic (exact) mass is 365 g/mol. The van der Waals surface area contributed by atoms with Gasteiger partial charge in [-0.1, -0.05) is 106 Å². The zero-order valence-corrected chi connectivity index (χ0v) is 17.5. The smallest absolute Gasteiger partial charge is 0.0510 e. The second-order valence-electron chi connectivity index (χ2n) is 7.28. The lowest BCUT2D eigenvalue weighted by atomic mass is 9.94. The molecule has 1 nitrogen and oxygen atoms in total. The van der Waals surface area contributed by atoms with Crippen LogP contribution in [0.5, 0.6) is 0 Å². The van der Waals surface area contributed by atoms with Gasteiger partial charge in [-0.3, -0.25) is 0 Å². The molecule has 0 bridgehead atoms. The van der Waals surface area contributed by atoms with E-state index in [0.717, 1.165) is 0 Å². The Labute approximate surface area is 162 Å². The molecular weight excluding hydrogens is 326 g/mol. The molecule has 0 fully saturated rings. The van der Waals surface area contributed by atoms with E-state index in [2.05, 4.69) is 45.0 Å². The van der Waals surface area contributed by atoms with Crippen molar-refractivity contribution in [3.8, 4) is 0 Å². The van der Waals surface area contributed by atoms with Crippen LogP contribution in [0.15, 0.2) is 41.5 Å². The normalized spacial score (nSPS) is 13.1. The molecule has 1 unspecified atom stereocenters. The molecule has 0 aromatic heterocycles. The van der Waals surface area contributed by atoms with Crippen LogP contribution in [-0.4, -0.2) is 0 Å². The summed E-state index contributed by atoms with van der Waals surface area (Å²) in [5.74, 6) is 0. The first-order valence-electron chi connectivity index (χ1n) is 10.1. The number of rotatable bonds is 13. The second kappa shape index (κ2) is 15.5. The molecule has 0 saturated carbocycles. The second-order valence-corrected chi connectivity index (χ2v) is 7.28. The molecule has 1 aromatic carbocycles. The van der Waals surface area contributed by atoms with Crippen LogP contribution in [0.3, 0.4) is 0 Å². The molecule has 0 aliphatic rings. The van der Waals surface area contributed by atoms with Crippen molar-refractivity contribution in [2.75, 3.05) is 0 Å². The number of nitrogens with two attached hydrogens (primary N) is 1. The van der Waals surface area contributed by atoms with Gasteiger partial charge < -0.3 is 5.73 Å². The van der Waals surface area contributed by atoms with Gasteiger partial charge in [-0.25, -0.2) is 0 Å². The van der Waals surface area contributed by atoms with Gasteiger partial charge in [0.15, 0.2) is 0 Å². The highest BCUT2D eigenvalue weighted by molar-refractivity contribution is 5.85. The van der Waals surface area contributed by atoms with Crippen LogP contribution < -0.4 is 5.73 Å². The van der Waals surface area contributed by atoms with Crippen LogP contribution in [-0.2, 0) is 0 Å². The molecule has 0 radical (unpaired) electrons. The molecule has 0 saturated heterocycles. The number of unbranched alkanes of at least 4 members (excludes halogenated alkanes) is 9. The summed E-state index contributed by atoms with van der Waals surface area (Å²) < 4.78 is 0. The summed E-state index contributed by atoms with van der Waals surface area (Å²) in [7, 11) is 0. The fourth-order valence-corrected chi connectivity index (χ4v) is 3.25. The molecule has 1 rings (SSSR count). The van der Waals surface area contributed by atoms with Gasteiger partial charge in [0, 0.05) is 0 Å². The molecule has 0 aliphatic carbocycles. The predicted octanol–water partition coefficient (Wildman–Crippen LogP) is 7.76. The van der Waals surface area contributed by atoms with Crippen molar-refractivity contribution in [1.29, 1.82) is 0 Å². The molecule has 0 aliphatic heterocycles. The first kappa shape index (κ1) is 24.2.